The number of nitrogens with one attached hydrogen (secondary N) is 1. The molecule has 0 heterocycles. The minimum absolute atomic E-state index is 0.152. The van der Waals surface area contributed by atoms with E-state index >= 15 is 0 Å². The van der Waals surface area contributed by atoms with E-state index in [4.69, 9.17) is 4.74 Å². The number of aliphatic hydroxyl groups excluding tert-OH is 1. The van der Waals surface area contributed by atoms with Gasteiger partial charge in [0.2, 0.25) is 0 Å². The van der Waals surface area contributed by atoms with Crippen LogP contribution in [-0.2, 0) is 9.53 Å². The van der Waals surface area contributed by atoms with Crippen molar-refractivity contribution in [1.29, 1.82) is 0 Å². The Morgan fingerprint density at radius 3 is 2.36 bits per heavy atom. The Balaban J connectivity index is 2.77. The number of rotatable bonds is 7. The Bertz CT molecular complexity index is 453. The molecule has 1 amide bonds. The predicted molar refractivity (Wildman–Crippen MR) is 88.5 cm³/mol. The van der Waals surface area contributed by atoms with Gasteiger partial charge < -0.3 is 15.2 Å². The molecule has 4 heteroatoms. The minimum atomic E-state index is -0.676. The summed E-state index contributed by atoms with van der Waals surface area (Å²) in [6.07, 6.45) is -0.345. The molecule has 1 aromatic rings. The second kappa shape index (κ2) is 8.30. The summed E-state index contributed by atoms with van der Waals surface area (Å²) in [5, 5.41) is 12.8. The monoisotopic (exact) mass is 307 g/mol. The highest BCUT2D eigenvalue weighted by Gasteiger charge is 2.27. The molecule has 3 unspecified atom stereocenters. The highest BCUT2D eigenvalue weighted by molar-refractivity contribution is 5.82. The van der Waals surface area contributed by atoms with E-state index in [2.05, 4.69) is 5.32 Å². The lowest BCUT2D eigenvalue weighted by molar-refractivity contribution is -0.143. The zero-order valence-corrected chi connectivity index (χ0v) is 14.3. The lowest BCUT2D eigenvalue weighted by Gasteiger charge is -2.28. The number of hydrogen-bond donors (Lipinski definition) is 2. The molecular formula is C18H29NO3. The van der Waals surface area contributed by atoms with Crippen LogP contribution in [0.25, 0.3) is 0 Å². The van der Waals surface area contributed by atoms with Crippen LogP contribution in [-0.4, -0.2) is 29.3 Å². The Morgan fingerprint density at radius 2 is 1.86 bits per heavy atom. The Hall–Kier alpha value is -1.39. The van der Waals surface area contributed by atoms with Crippen molar-refractivity contribution in [1.82, 2.24) is 5.32 Å². The van der Waals surface area contributed by atoms with Gasteiger partial charge >= 0.3 is 0 Å². The maximum atomic E-state index is 12.5. The molecule has 0 spiro atoms. The average molecular weight is 307 g/mol. The highest BCUT2D eigenvalue weighted by Crippen LogP contribution is 2.24. The van der Waals surface area contributed by atoms with Crippen molar-refractivity contribution in [2.24, 2.45) is 5.92 Å². The molecule has 4 nitrogen and oxygen atoms in total. The van der Waals surface area contributed by atoms with Crippen molar-refractivity contribution in [2.45, 2.75) is 58.8 Å². The van der Waals surface area contributed by atoms with Gasteiger partial charge in [0.15, 0.2) is 6.10 Å². The number of carbonyl (C=O) groups excluding carboxylic acids is 1. The molecule has 0 aliphatic heterocycles. The fourth-order valence-corrected chi connectivity index (χ4v) is 2.03. The first-order valence-electron chi connectivity index (χ1n) is 7.93. The summed E-state index contributed by atoms with van der Waals surface area (Å²) in [6.45, 7) is 9.99. The first-order valence-corrected chi connectivity index (χ1v) is 7.93. The molecule has 0 aliphatic carbocycles. The van der Waals surface area contributed by atoms with E-state index in [1.54, 1.807) is 0 Å². The van der Waals surface area contributed by atoms with Crippen LogP contribution >= 0.6 is 0 Å². The molecule has 0 fully saturated rings. The quantitative estimate of drug-likeness (QED) is 0.814. The molecule has 2 N–H and O–H groups in total. The van der Waals surface area contributed by atoms with E-state index in [1.165, 1.54) is 0 Å². The number of ether oxygens (including phenoxy) is 1. The van der Waals surface area contributed by atoms with Crippen molar-refractivity contribution < 1.29 is 14.6 Å². The minimum Gasteiger partial charge on any atom is -0.391 e. The van der Waals surface area contributed by atoms with Gasteiger partial charge in [0, 0.05) is 6.54 Å². The second-order valence-electron chi connectivity index (χ2n) is 6.72. The van der Waals surface area contributed by atoms with Gasteiger partial charge in [-0.15, -0.1) is 0 Å². The normalized spacial score (nSPS) is 15.9. The van der Waals surface area contributed by atoms with Crippen LogP contribution in [0.1, 0.15) is 52.7 Å². The van der Waals surface area contributed by atoms with Crippen molar-refractivity contribution in [3.63, 3.8) is 0 Å². The van der Waals surface area contributed by atoms with Crippen molar-refractivity contribution in [3.8, 4) is 0 Å². The van der Waals surface area contributed by atoms with Gasteiger partial charge in [-0.05, 0) is 32.3 Å². The fourth-order valence-electron chi connectivity index (χ4n) is 2.03. The lowest BCUT2D eigenvalue weighted by atomic mass is 10.0. The number of amides is 1. The summed E-state index contributed by atoms with van der Waals surface area (Å²) in [5.41, 5.74) is 0.376. The van der Waals surface area contributed by atoms with Gasteiger partial charge in [-0.1, -0.05) is 50.6 Å². The summed E-state index contributed by atoms with van der Waals surface area (Å²) in [6, 6.07) is 9.43. The van der Waals surface area contributed by atoms with Crippen molar-refractivity contribution >= 4 is 5.91 Å². The third-order valence-corrected chi connectivity index (χ3v) is 3.60. The first-order chi connectivity index (χ1) is 10.2. The number of carbonyl (C=O) groups is 1. The average Bonchev–Trinajstić information content (AvgIpc) is 2.49. The van der Waals surface area contributed by atoms with Gasteiger partial charge in [0.1, 0.15) is 0 Å². The van der Waals surface area contributed by atoms with Crippen LogP contribution < -0.4 is 5.32 Å². The third kappa shape index (κ3) is 6.16. The van der Waals surface area contributed by atoms with Gasteiger partial charge in [-0.3, -0.25) is 4.79 Å². The van der Waals surface area contributed by atoms with Crippen LogP contribution in [0.2, 0.25) is 0 Å². The van der Waals surface area contributed by atoms with E-state index in [-0.39, 0.29) is 18.4 Å². The highest BCUT2D eigenvalue weighted by atomic mass is 16.5. The van der Waals surface area contributed by atoms with E-state index in [0.717, 1.165) is 12.0 Å². The summed E-state index contributed by atoms with van der Waals surface area (Å²) in [7, 11) is 0. The molecule has 0 aliphatic rings. The van der Waals surface area contributed by atoms with Gasteiger partial charge in [-0.25, -0.2) is 0 Å². The first kappa shape index (κ1) is 18.7. The summed E-state index contributed by atoms with van der Waals surface area (Å²) >= 11 is 0. The topological polar surface area (TPSA) is 58.6 Å². The molecule has 0 saturated heterocycles. The van der Waals surface area contributed by atoms with Crippen LogP contribution in [0.3, 0.4) is 0 Å². The van der Waals surface area contributed by atoms with Crippen LogP contribution in [0.15, 0.2) is 30.3 Å². The molecule has 0 bridgehead atoms. The lowest BCUT2D eigenvalue weighted by Crippen LogP contribution is -2.40. The smallest absolute Gasteiger partial charge is 0.253 e. The van der Waals surface area contributed by atoms with Crippen molar-refractivity contribution in [3.05, 3.63) is 35.9 Å². The Morgan fingerprint density at radius 1 is 1.27 bits per heavy atom. The summed E-state index contributed by atoms with van der Waals surface area (Å²) in [5.74, 6) is -0.0671. The third-order valence-electron chi connectivity index (χ3n) is 3.60. The maximum absolute atomic E-state index is 12.5. The maximum Gasteiger partial charge on any atom is 0.253 e. The van der Waals surface area contributed by atoms with E-state index in [0.29, 0.717) is 0 Å². The van der Waals surface area contributed by atoms with Gasteiger partial charge in [0.25, 0.3) is 5.91 Å². The van der Waals surface area contributed by atoms with E-state index in [1.807, 2.05) is 65.0 Å². The molecule has 1 aromatic carbocycles. The van der Waals surface area contributed by atoms with E-state index in [9.17, 15) is 9.90 Å². The zero-order chi connectivity index (χ0) is 16.8. The van der Waals surface area contributed by atoms with E-state index < -0.39 is 17.8 Å². The van der Waals surface area contributed by atoms with Gasteiger partial charge in [-0.2, -0.15) is 0 Å². The van der Waals surface area contributed by atoms with Crippen LogP contribution in [0.4, 0.5) is 0 Å². The number of benzene rings is 1. The van der Waals surface area contributed by atoms with Crippen LogP contribution in [0.5, 0.6) is 0 Å². The standard InChI is InChI=1S/C18H29NO3/c1-6-13(2)15(20)12-19-17(21)16(22-18(3,4)5)14-10-8-7-9-11-14/h7-11,13,15-16,20H,6,12H2,1-5H3,(H,19,21). The zero-order valence-electron chi connectivity index (χ0n) is 14.3. The molecule has 22 heavy (non-hydrogen) atoms. The second-order valence-corrected chi connectivity index (χ2v) is 6.72. The molecule has 124 valence electrons. The fraction of sp³-hybridized carbons (Fsp3) is 0.611. The molecule has 0 radical (unpaired) electrons. The Kier molecular flexibility index (Phi) is 7.04. The summed E-state index contributed by atoms with van der Waals surface area (Å²) < 4.78 is 5.91. The number of aliphatic hydroxyl groups is 1. The Labute approximate surface area is 133 Å². The van der Waals surface area contributed by atoms with Crippen LogP contribution in [0, 0.1) is 5.92 Å². The molecular weight excluding hydrogens is 278 g/mol. The summed E-state index contributed by atoms with van der Waals surface area (Å²) in [4.78, 5) is 12.5. The SMILES string of the molecule is CCC(C)C(O)CNC(=O)C(OC(C)(C)C)c1ccccc1. The molecule has 3 atom stereocenters. The molecule has 0 aromatic heterocycles. The largest absolute Gasteiger partial charge is 0.391 e. The van der Waals surface area contributed by atoms with Gasteiger partial charge in [0.05, 0.1) is 11.7 Å². The van der Waals surface area contributed by atoms with Crippen molar-refractivity contribution in [2.75, 3.05) is 6.54 Å². The molecule has 1 rings (SSSR count). The molecule has 0 saturated carbocycles. The number of hydrogen-bond acceptors (Lipinski definition) is 3. The predicted octanol–water partition coefficient (Wildman–Crippen LogP) is 3.07.